The van der Waals surface area contributed by atoms with Gasteiger partial charge >= 0.3 is 0 Å². The zero-order valence-electron chi connectivity index (χ0n) is 15.3. The number of pyridine rings is 1. The fourth-order valence-electron chi connectivity index (χ4n) is 3.70. The minimum absolute atomic E-state index is 0.0690. The number of rotatable bonds is 5. The van der Waals surface area contributed by atoms with Crippen LogP contribution in [-0.4, -0.2) is 48.6 Å². The van der Waals surface area contributed by atoms with Gasteiger partial charge in [0.15, 0.2) is 0 Å². The molecule has 1 unspecified atom stereocenters. The molecule has 138 valence electrons. The van der Waals surface area contributed by atoms with Gasteiger partial charge in [0.2, 0.25) is 5.91 Å². The highest BCUT2D eigenvalue weighted by molar-refractivity contribution is 5.80. The van der Waals surface area contributed by atoms with E-state index in [-0.39, 0.29) is 11.8 Å². The Morgan fingerprint density at radius 3 is 2.92 bits per heavy atom. The van der Waals surface area contributed by atoms with Crippen molar-refractivity contribution in [1.29, 1.82) is 5.26 Å². The Kier molecular flexibility index (Phi) is 6.24. The Morgan fingerprint density at radius 2 is 2.27 bits per heavy atom. The molecule has 1 aromatic heterocycles. The van der Waals surface area contributed by atoms with Gasteiger partial charge in [0, 0.05) is 32.8 Å². The first-order valence-corrected chi connectivity index (χ1v) is 9.29. The second-order valence-corrected chi connectivity index (χ2v) is 7.08. The summed E-state index contributed by atoms with van der Waals surface area (Å²) in [6, 6.07) is 5.54. The van der Waals surface area contributed by atoms with Crippen LogP contribution in [0.4, 0.5) is 5.69 Å². The van der Waals surface area contributed by atoms with E-state index in [1.165, 1.54) is 5.57 Å². The molecule has 2 aliphatic heterocycles. The van der Waals surface area contributed by atoms with Gasteiger partial charge in [-0.05, 0) is 44.2 Å². The van der Waals surface area contributed by atoms with Crippen LogP contribution >= 0.6 is 0 Å². The van der Waals surface area contributed by atoms with Gasteiger partial charge in [-0.2, -0.15) is 5.26 Å². The molecule has 1 saturated heterocycles. The summed E-state index contributed by atoms with van der Waals surface area (Å²) in [5, 5.41) is 12.2. The zero-order chi connectivity index (χ0) is 18.4. The largest absolute Gasteiger partial charge is 0.383 e. The molecule has 0 bridgehead atoms. The summed E-state index contributed by atoms with van der Waals surface area (Å²) < 4.78 is 5.49. The van der Waals surface area contributed by atoms with Crippen molar-refractivity contribution in [3.63, 3.8) is 0 Å². The maximum absolute atomic E-state index is 13.2. The van der Waals surface area contributed by atoms with E-state index >= 15 is 0 Å². The van der Waals surface area contributed by atoms with Crippen molar-refractivity contribution in [1.82, 2.24) is 9.88 Å². The first-order chi connectivity index (χ1) is 12.7. The maximum atomic E-state index is 13.2. The van der Waals surface area contributed by atoms with Crippen LogP contribution in [0.25, 0.3) is 0 Å². The second-order valence-electron chi connectivity index (χ2n) is 7.08. The van der Waals surface area contributed by atoms with E-state index in [1.807, 2.05) is 17.0 Å². The molecule has 1 fully saturated rings. The van der Waals surface area contributed by atoms with Crippen LogP contribution in [0.2, 0.25) is 0 Å². The Balaban J connectivity index is 1.69. The van der Waals surface area contributed by atoms with Gasteiger partial charge in [-0.25, -0.2) is 4.98 Å². The second kappa shape index (κ2) is 8.81. The standard InChI is InChI=1S/C20H26N4O2/c1-15-3-2-8-24(14-15)20(25)19(16-6-9-26-10-7-16)13-23-18-5-4-17(11-21)22-12-18/h3-5,12,16,19,23H,2,6-10,13-14H2,1H3. The summed E-state index contributed by atoms with van der Waals surface area (Å²) in [5.41, 5.74) is 2.49. The number of nitrogens with zero attached hydrogens (tertiary/aromatic N) is 3. The average Bonchev–Trinajstić information content (AvgIpc) is 2.69. The zero-order valence-corrected chi connectivity index (χ0v) is 15.3. The van der Waals surface area contributed by atoms with E-state index in [2.05, 4.69) is 23.3 Å². The van der Waals surface area contributed by atoms with Gasteiger partial charge in [0.25, 0.3) is 0 Å². The van der Waals surface area contributed by atoms with Crippen molar-refractivity contribution in [2.75, 3.05) is 38.2 Å². The van der Waals surface area contributed by atoms with E-state index in [4.69, 9.17) is 10.00 Å². The predicted octanol–water partition coefficient (Wildman–Crippen LogP) is 2.59. The van der Waals surface area contributed by atoms with Gasteiger partial charge in [-0.1, -0.05) is 11.6 Å². The minimum Gasteiger partial charge on any atom is -0.383 e. The summed E-state index contributed by atoms with van der Waals surface area (Å²) in [5.74, 6) is 0.500. The third kappa shape index (κ3) is 4.61. The van der Waals surface area contributed by atoms with E-state index < -0.39 is 0 Å². The molecule has 2 aliphatic rings. The summed E-state index contributed by atoms with van der Waals surface area (Å²) >= 11 is 0. The minimum atomic E-state index is -0.0690. The molecule has 1 aromatic rings. The normalized spacial score (nSPS) is 19.4. The van der Waals surface area contributed by atoms with Crippen LogP contribution in [0.15, 0.2) is 30.0 Å². The number of ether oxygens (including phenoxy) is 1. The monoisotopic (exact) mass is 354 g/mol. The number of amides is 1. The van der Waals surface area contributed by atoms with Crippen molar-refractivity contribution in [2.45, 2.75) is 26.2 Å². The van der Waals surface area contributed by atoms with Crippen LogP contribution in [-0.2, 0) is 9.53 Å². The smallest absolute Gasteiger partial charge is 0.228 e. The van der Waals surface area contributed by atoms with Crippen LogP contribution < -0.4 is 5.32 Å². The lowest BCUT2D eigenvalue weighted by Crippen LogP contribution is -2.45. The first kappa shape index (κ1) is 18.4. The highest BCUT2D eigenvalue weighted by Crippen LogP contribution is 2.27. The number of anilines is 1. The van der Waals surface area contributed by atoms with Crippen molar-refractivity contribution in [3.8, 4) is 6.07 Å². The van der Waals surface area contributed by atoms with Crippen molar-refractivity contribution < 1.29 is 9.53 Å². The fourth-order valence-corrected chi connectivity index (χ4v) is 3.70. The highest BCUT2D eigenvalue weighted by atomic mass is 16.5. The quantitative estimate of drug-likeness (QED) is 0.822. The van der Waals surface area contributed by atoms with Crippen LogP contribution in [0.5, 0.6) is 0 Å². The molecule has 0 radical (unpaired) electrons. The van der Waals surface area contributed by atoms with E-state index in [1.54, 1.807) is 12.3 Å². The number of hydrogen-bond acceptors (Lipinski definition) is 5. The summed E-state index contributed by atoms with van der Waals surface area (Å²) in [6.07, 6.45) is 6.65. The SMILES string of the molecule is CC1=CCCN(C(=O)C(CNc2ccc(C#N)nc2)C2CCOCC2)C1. The van der Waals surface area contributed by atoms with Crippen LogP contribution in [0.1, 0.15) is 31.9 Å². The lowest BCUT2D eigenvalue weighted by atomic mass is 9.84. The Bertz CT molecular complexity index is 687. The molecule has 1 atom stereocenters. The number of aromatic nitrogens is 1. The molecule has 0 spiro atoms. The van der Waals surface area contributed by atoms with E-state index in [0.29, 0.717) is 18.2 Å². The number of nitriles is 1. The lowest BCUT2D eigenvalue weighted by molar-refractivity contribution is -0.137. The molecule has 3 heterocycles. The van der Waals surface area contributed by atoms with E-state index in [0.717, 1.165) is 51.3 Å². The fraction of sp³-hybridized carbons (Fsp3) is 0.550. The number of nitrogens with one attached hydrogen (secondary N) is 1. The van der Waals surface area contributed by atoms with Crippen LogP contribution in [0, 0.1) is 23.2 Å². The summed E-state index contributed by atoms with van der Waals surface area (Å²) in [6.45, 7) is 5.66. The van der Waals surface area contributed by atoms with Gasteiger partial charge in [-0.3, -0.25) is 4.79 Å². The highest BCUT2D eigenvalue weighted by Gasteiger charge is 2.33. The molecule has 6 heteroatoms. The average molecular weight is 354 g/mol. The lowest BCUT2D eigenvalue weighted by Gasteiger charge is -2.35. The molecule has 6 nitrogen and oxygen atoms in total. The van der Waals surface area contributed by atoms with Gasteiger partial charge in [-0.15, -0.1) is 0 Å². The molecule has 26 heavy (non-hydrogen) atoms. The summed E-state index contributed by atoms with van der Waals surface area (Å²) in [4.78, 5) is 19.3. The summed E-state index contributed by atoms with van der Waals surface area (Å²) in [7, 11) is 0. The molecule has 1 amide bonds. The Hall–Kier alpha value is -2.39. The number of hydrogen-bond donors (Lipinski definition) is 1. The molecule has 0 saturated carbocycles. The molecule has 0 aromatic carbocycles. The maximum Gasteiger partial charge on any atom is 0.228 e. The van der Waals surface area contributed by atoms with Gasteiger partial charge < -0.3 is 15.0 Å². The number of carbonyl (C=O) groups excluding carboxylic acids is 1. The van der Waals surface area contributed by atoms with Crippen molar-refractivity contribution >= 4 is 11.6 Å². The third-order valence-electron chi connectivity index (χ3n) is 5.20. The van der Waals surface area contributed by atoms with Crippen molar-refractivity contribution in [3.05, 3.63) is 35.7 Å². The van der Waals surface area contributed by atoms with Crippen molar-refractivity contribution in [2.24, 2.45) is 11.8 Å². The van der Waals surface area contributed by atoms with Crippen LogP contribution in [0.3, 0.4) is 0 Å². The first-order valence-electron chi connectivity index (χ1n) is 9.29. The molecule has 1 N–H and O–H groups in total. The topological polar surface area (TPSA) is 78.3 Å². The van der Waals surface area contributed by atoms with Gasteiger partial charge in [0.05, 0.1) is 17.8 Å². The van der Waals surface area contributed by atoms with E-state index in [9.17, 15) is 4.79 Å². The van der Waals surface area contributed by atoms with Gasteiger partial charge in [0.1, 0.15) is 11.8 Å². The number of carbonyl (C=O) groups is 1. The third-order valence-corrected chi connectivity index (χ3v) is 5.20. The molecular formula is C20H26N4O2. The Morgan fingerprint density at radius 1 is 1.46 bits per heavy atom. The Labute approximate surface area is 154 Å². The predicted molar refractivity (Wildman–Crippen MR) is 99.4 cm³/mol. The molecule has 0 aliphatic carbocycles. The molecule has 3 rings (SSSR count). The molecular weight excluding hydrogens is 328 g/mol.